The Morgan fingerprint density at radius 2 is 1.63 bits per heavy atom. The van der Waals surface area contributed by atoms with Crippen molar-refractivity contribution in [2.45, 2.75) is 17.4 Å². The van der Waals surface area contributed by atoms with Gasteiger partial charge in [-0.25, -0.2) is 4.79 Å². The average Bonchev–Trinajstić information content (AvgIpc) is 2.61. The van der Waals surface area contributed by atoms with Gasteiger partial charge in [-0.15, -0.1) is 24.2 Å². The summed E-state index contributed by atoms with van der Waals surface area (Å²) < 4.78 is 5.28. The molecule has 0 aromatic heterocycles. The van der Waals surface area contributed by atoms with Crippen molar-refractivity contribution in [3.8, 4) is 5.75 Å². The number of carbonyl (C=O) groups excluding carboxylic acids is 1. The van der Waals surface area contributed by atoms with Crippen molar-refractivity contribution in [2.75, 3.05) is 33.9 Å². The summed E-state index contributed by atoms with van der Waals surface area (Å²) in [6.07, 6.45) is 0.637. The lowest BCUT2D eigenvalue weighted by atomic mass is 10.0. The second-order valence-corrected chi connectivity index (χ2v) is 8.01. The maximum atomic E-state index is 11.6. The fourth-order valence-corrected chi connectivity index (χ4v) is 3.52. The molecule has 2 aromatic carbocycles. The highest BCUT2D eigenvalue weighted by atomic mass is 35.5. The number of halogens is 2. The van der Waals surface area contributed by atoms with Crippen LogP contribution in [0, 0.1) is 0 Å². The van der Waals surface area contributed by atoms with Crippen molar-refractivity contribution in [1.29, 1.82) is 0 Å². The van der Waals surface area contributed by atoms with Gasteiger partial charge in [-0.2, -0.15) is 0 Å². The van der Waals surface area contributed by atoms with E-state index in [1.807, 2.05) is 60.3 Å². The Labute approximate surface area is 177 Å². The second kappa shape index (κ2) is 11.4. The largest absolute Gasteiger partial charge is 0.414 e. The molecule has 7 heteroatoms. The Kier molecular flexibility index (Phi) is 10.0. The third-order valence-electron chi connectivity index (χ3n) is 3.93. The molecule has 0 radical (unpaired) electrons. The monoisotopic (exact) mass is 428 g/mol. The molecule has 0 heterocycles. The van der Waals surface area contributed by atoms with Crippen LogP contribution in [0.3, 0.4) is 0 Å². The first-order valence-electron chi connectivity index (χ1n) is 8.40. The Morgan fingerprint density at radius 3 is 2.15 bits per heavy atom. The van der Waals surface area contributed by atoms with Crippen molar-refractivity contribution in [2.24, 2.45) is 0 Å². The maximum Gasteiger partial charge on any atom is 0.414 e. The highest BCUT2D eigenvalue weighted by molar-refractivity contribution is 7.99. The Bertz CT molecular complexity index is 707. The summed E-state index contributed by atoms with van der Waals surface area (Å²) in [5.41, 5.74) is 1.20. The number of thioether (sulfide) groups is 1. The lowest BCUT2D eigenvalue weighted by Gasteiger charge is -2.25. The SMILES string of the molecule is CN(C)C(=O)Oc1ccc(C(CCSc2ccc(Cl)cc2)N(C)C)cc1.Cl. The number of nitrogens with zero attached hydrogens (tertiary/aromatic N) is 2. The first-order valence-corrected chi connectivity index (χ1v) is 9.77. The van der Waals surface area contributed by atoms with Crippen LogP contribution in [-0.4, -0.2) is 49.8 Å². The minimum atomic E-state index is -0.374. The Hall–Kier alpha value is -1.40. The summed E-state index contributed by atoms with van der Waals surface area (Å²) >= 11 is 7.75. The molecule has 27 heavy (non-hydrogen) atoms. The molecule has 2 rings (SSSR count). The third kappa shape index (κ3) is 7.62. The lowest BCUT2D eigenvalue weighted by molar-refractivity contribution is 0.172. The van der Waals surface area contributed by atoms with Crippen LogP contribution >= 0.6 is 35.8 Å². The smallest absolute Gasteiger partial charge is 0.410 e. The highest BCUT2D eigenvalue weighted by Gasteiger charge is 2.15. The number of ether oxygens (including phenoxy) is 1. The van der Waals surface area contributed by atoms with Crippen LogP contribution < -0.4 is 4.74 Å². The lowest BCUT2D eigenvalue weighted by Crippen LogP contribution is -2.25. The molecular weight excluding hydrogens is 403 g/mol. The van der Waals surface area contributed by atoms with E-state index in [2.05, 4.69) is 19.0 Å². The van der Waals surface area contributed by atoms with E-state index in [1.54, 1.807) is 14.1 Å². The van der Waals surface area contributed by atoms with Crippen molar-refractivity contribution >= 4 is 41.9 Å². The number of carbonyl (C=O) groups is 1. The van der Waals surface area contributed by atoms with Crippen LogP contribution in [0.1, 0.15) is 18.0 Å². The summed E-state index contributed by atoms with van der Waals surface area (Å²) in [6, 6.07) is 16.0. The molecule has 0 fully saturated rings. The van der Waals surface area contributed by atoms with E-state index in [0.717, 1.165) is 17.2 Å². The van der Waals surface area contributed by atoms with Crippen LogP contribution in [0.15, 0.2) is 53.4 Å². The molecule has 0 aliphatic rings. The summed E-state index contributed by atoms with van der Waals surface area (Å²) in [4.78, 5) is 16.5. The topological polar surface area (TPSA) is 32.8 Å². The second-order valence-electron chi connectivity index (χ2n) is 6.40. The van der Waals surface area contributed by atoms with Crippen LogP contribution in [0.25, 0.3) is 0 Å². The zero-order valence-corrected chi connectivity index (χ0v) is 18.4. The van der Waals surface area contributed by atoms with Gasteiger partial charge >= 0.3 is 6.09 Å². The Balaban J connectivity index is 0.00000364. The Morgan fingerprint density at radius 1 is 1.04 bits per heavy atom. The molecule has 1 unspecified atom stereocenters. The number of benzene rings is 2. The van der Waals surface area contributed by atoms with E-state index < -0.39 is 0 Å². The van der Waals surface area contributed by atoms with Crippen LogP contribution in [0.5, 0.6) is 5.75 Å². The van der Waals surface area contributed by atoms with Gasteiger partial charge in [0.1, 0.15) is 5.75 Å². The van der Waals surface area contributed by atoms with Gasteiger partial charge in [0.15, 0.2) is 0 Å². The van der Waals surface area contributed by atoms with Crippen molar-refractivity contribution < 1.29 is 9.53 Å². The fraction of sp³-hybridized carbons (Fsp3) is 0.350. The molecular formula is C20H26Cl2N2O2S. The van der Waals surface area contributed by atoms with E-state index >= 15 is 0 Å². The minimum Gasteiger partial charge on any atom is -0.410 e. The third-order valence-corrected chi connectivity index (χ3v) is 5.23. The van der Waals surface area contributed by atoms with Gasteiger partial charge in [0.05, 0.1) is 0 Å². The van der Waals surface area contributed by atoms with E-state index in [4.69, 9.17) is 16.3 Å². The summed E-state index contributed by atoms with van der Waals surface area (Å²) in [7, 11) is 7.49. The molecule has 148 valence electrons. The maximum absolute atomic E-state index is 11.6. The zero-order valence-electron chi connectivity index (χ0n) is 16.0. The first-order chi connectivity index (χ1) is 12.4. The molecule has 1 atom stereocenters. The van der Waals surface area contributed by atoms with E-state index in [9.17, 15) is 4.79 Å². The normalized spacial score (nSPS) is 11.6. The number of amides is 1. The molecule has 4 nitrogen and oxygen atoms in total. The number of hydrogen-bond acceptors (Lipinski definition) is 4. The predicted octanol–water partition coefficient (Wildman–Crippen LogP) is 5.61. The molecule has 0 aliphatic heterocycles. The van der Waals surface area contributed by atoms with Gasteiger partial charge in [-0.05, 0) is 68.2 Å². The predicted molar refractivity (Wildman–Crippen MR) is 117 cm³/mol. The van der Waals surface area contributed by atoms with Crippen LogP contribution in [0.2, 0.25) is 5.02 Å². The van der Waals surface area contributed by atoms with E-state index in [1.165, 1.54) is 15.4 Å². The van der Waals surface area contributed by atoms with Gasteiger partial charge in [-0.1, -0.05) is 23.7 Å². The van der Waals surface area contributed by atoms with Crippen molar-refractivity contribution in [1.82, 2.24) is 9.80 Å². The fourth-order valence-electron chi connectivity index (χ4n) is 2.49. The molecule has 0 saturated heterocycles. The first kappa shape index (κ1) is 23.6. The molecule has 0 bridgehead atoms. The average molecular weight is 429 g/mol. The highest BCUT2D eigenvalue weighted by Crippen LogP contribution is 2.28. The standard InChI is InChI=1S/C20H25ClN2O2S.ClH/c1-22(2)19(13-14-26-18-11-7-16(21)8-12-18)15-5-9-17(10-6-15)25-20(24)23(3)4;/h5-12,19H,13-14H2,1-4H3;1H. The number of hydrogen-bond donors (Lipinski definition) is 0. The van der Waals surface area contributed by atoms with E-state index in [0.29, 0.717) is 11.8 Å². The minimum absolute atomic E-state index is 0. The number of rotatable bonds is 7. The van der Waals surface area contributed by atoms with Gasteiger partial charge in [0, 0.05) is 30.1 Å². The summed E-state index contributed by atoms with van der Waals surface area (Å²) in [6.45, 7) is 0. The zero-order chi connectivity index (χ0) is 19.1. The molecule has 0 aliphatic carbocycles. The summed E-state index contributed by atoms with van der Waals surface area (Å²) in [5.74, 6) is 1.56. The van der Waals surface area contributed by atoms with Gasteiger partial charge in [0.25, 0.3) is 0 Å². The molecule has 0 spiro atoms. The summed E-state index contributed by atoms with van der Waals surface area (Å²) in [5, 5.41) is 0.760. The molecule has 0 saturated carbocycles. The van der Waals surface area contributed by atoms with Crippen LogP contribution in [0.4, 0.5) is 4.79 Å². The van der Waals surface area contributed by atoms with Gasteiger partial charge in [-0.3, -0.25) is 0 Å². The van der Waals surface area contributed by atoms with Gasteiger partial charge in [0.2, 0.25) is 0 Å². The van der Waals surface area contributed by atoms with Crippen molar-refractivity contribution in [3.63, 3.8) is 0 Å². The molecule has 2 aromatic rings. The van der Waals surface area contributed by atoms with Crippen LogP contribution in [-0.2, 0) is 0 Å². The molecule has 0 N–H and O–H groups in total. The molecule has 1 amide bonds. The van der Waals surface area contributed by atoms with Crippen molar-refractivity contribution in [3.05, 3.63) is 59.1 Å². The van der Waals surface area contributed by atoms with Gasteiger partial charge < -0.3 is 14.5 Å². The quantitative estimate of drug-likeness (QED) is 0.536. The van der Waals surface area contributed by atoms with E-state index in [-0.39, 0.29) is 18.5 Å².